The Hall–Kier alpha value is -3.16. The van der Waals surface area contributed by atoms with E-state index in [2.05, 4.69) is 37.6 Å². The van der Waals surface area contributed by atoms with Gasteiger partial charge in [-0.05, 0) is 37.1 Å². The molecule has 0 aliphatic carbocycles. The second kappa shape index (κ2) is 8.48. The predicted octanol–water partition coefficient (Wildman–Crippen LogP) is 3.04. The number of carbonyl (C=O) groups excluding carboxylic acids is 1. The van der Waals surface area contributed by atoms with Crippen molar-refractivity contribution in [3.8, 4) is 0 Å². The highest BCUT2D eigenvalue weighted by atomic mass is 16.2. The lowest BCUT2D eigenvalue weighted by atomic mass is 10.1. The number of aryl methyl sites for hydroxylation is 2. The molecule has 0 fully saturated rings. The fourth-order valence-corrected chi connectivity index (χ4v) is 2.78. The standard InChI is InChI=1S/C19H25N7O/c1-4-5-16-11-17(24-23-16)12-26(3)19(27)21-15-8-6-14(7-9-15)10-18-20-13(2)22-25-18/h6-9,11H,4-5,10,12H2,1-3H3,(H,21,27)(H,23,24)(H,20,22,25). The van der Waals surface area contributed by atoms with Crippen LogP contribution in [-0.4, -0.2) is 43.4 Å². The number of aromatic nitrogens is 5. The Balaban J connectivity index is 1.53. The number of nitrogens with zero attached hydrogens (tertiary/aromatic N) is 4. The van der Waals surface area contributed by atoms with E-state index >= 15 is 0 Å². The summed E-state index contributed by atoms with van der Waals surface area (Å²) in [5, 5.41) is 17.1. The second-order valence-corrected chi connectivity index (χ2v) is 6.63. The maximum Gasteiger partial charge on any atom is 0.321 e. The summed E-state index contributed by atoms with van der Waals surface area (Å²) in [4.78, 5) is 18.3. The molecule has 1 aromatic carbocycles. The molecule has 8 nitrogen and oxygen atoms in total. The van der Waals surface area contributed by atoms with E-state index in [1.165, 1.54) is 0 Å². The molecule has 142 valence electrons. The molecule has 0 bridgehead atoms. The average Bonchev–Trinajstić information content (AvgIpc) is 3.26. The Kier molecular flexibility index (Phi) is 5.85. The second-order valence-electron chi connectivity index (χ2n) is 6.63. The van der Waals surface area contributed by atoms with Gasteiger partial charge in [0.2, 0.25) is 0 Å². The van der Waals surface area contributed by atoms with Crippen molar-refractivity contribution >= 4 is 11.7 Å². The van der Waals surface area contributed by atoms with Crippen molar-refractivity contribution in [2.75, 3.05) is 12.4 Å². The molecule has 0 spiro atoms. The number of hydrogen-bond donors (Lipinski definition) is 3. The Bertz CT molecular complexity index is 882. The van der Waals surface area contributed by atoms with Crippen LogP contribution >= 0.6 is 0 Å². The molecule has 0 atom stereocenters. The van der Waals surface area contributed by atoms with Crippen LogP contribution in [0.2, 0.25) is 0 Å². The van der Waals surface area contributed by atoms with Gasteiger partial charge >= 0.3 is 6.03 Å². The third-order valence-corrected chi connectivity index (χ3v) is 4.16. The first kappa shape index (κ1) is 18.6. The number of anilines is 1. The van der Waals surface area contributed by atoms with E-state index in [1.54, 1.807) is 11.9 Å². The third-order valence-electron chi connectivity index (χ3n) is 4.16. The lowest BCUT2D eigenvalue weighted by Gasteiger charge is -2.17. The van der Waals surface area contributed by atoms with E-state index in [1.807, 2.05) is 37.3 Å². The van der Waals surface area contributed by atoms with E-state index < -0.39 is 0 Å². The molecule has 2 aromatic heterocycles. The highest BCUT2D eigenvalue weighted by Crippen LogP contribution is 2.13. The first-order valence-electron chi connectivity index (χ1n) is 9.05. The zero-order chi connectivity index (χ0) is 19.2. The summed E-state index contributed by atoms with van der Waals surface area (Å²) in [5.74, 6) is 1.56. The molecule has 3 aromatic rings. The summed E-state index contributed by atoms with van der Waals surface area (Å²) in [6, 6.07) is 9.54. The molecule has 0 radical (unpaired) electrons. The molecule has 0 saturated heterocycles. The van der Waals surface area contributed by atoms with E-state index in [0.717, 1.165) is 47.1 Å². The maximum absolute atomic E-state index is 12.4. The van der Waals surface area contributed by atoms with Crippen molar-refractivity contribution in [2.24, 2.45) is 0 Å². The van der Waals surface area contributed by atoms with Crippen molar-refractivity contribution in [1.82, 2.24) is 30.3 Å². The maximum atomic E-state index is 12.4. The number of H-pyrrole nitrogens is 2. The molecule has 0 aliphatic heterocycles. The van der Waals surface area contributed by atoms with Crippen LogP contribution in [0.25, 0.3) is 0 Å². The smallest absolute Gasteiger partial charge is 0.321 e. The van der Waals surface area contributed by atoms with Crippen LogP contribution in [-0.2, 0) is 19.4 Å². The van der Waals surface area contributed by atoms with Gasteiger partial charge < -0.3 is 10.2 Å². The van der Waals surface area contributed by atoms with E-state index in [4.69, 9.17) is 0 Å². The quantitative estimate of drug-likeness (QED) is 0.597. The van der Waals surface area contributed by atoms with Crippen LogP contribution in [0.5, 0.6) is 0 Å². The zero-order valence-corrected chi connectivity index (χ0v) is 15.9. The number of rotatable bonds is 7. The van der Waals surface area contributed by atoms with E-state index in [0.29, 0.717) is 13.0 Å². The number of carbonyl (C=O) groups is 1. The van der Waals surface area contributed by atoms with Crippen LogP contribution in [0, 0.1) is 6.92 Å². The molecular formula is C19H25N7O. The molecule has 3 rings (SSSR count). The van der Waals surface area contributed by atoms with Gasteiger partial charge in [-0.1, -0.05) is 25.5 Å². The molecule has 3 N–H and O–H groups in total. The van der Waals surface area contributed by atoms with Crippen LogP contribution < -0.4 is 5.32 Å². The fraction of sp³-hybridized carbons (Fsp3) is 0.368. The topological polar surface area (TPSA) is 103 Å². The lowest BCUT2D eigenvalue weighted by Crippen LogP contribution is -2.30. The molecule has 27 heavy (non-hydrogen) atoms. The number of aromatic amines is 2. The van der Waals surface area contributed by atoms with Crippen LogP contribution in [0.4, 0.5) is 10.5 Å². The average molecular weight is 367 g/mol. The Morgan fingerprint density at radius 3 is 2.63 bits per heavy atom. The molecule has 8 heteroatoms. The molecule has 0 aliphatic rings. The molecule has 2 amide bonds. The monoisotopic (exact) mass is 367 g/mol. The molecule has 0 unspecified atom stereocenters. The lowest BCUT2D eigenvalue weighted by molar-refractivity contribution is 0.220. The van der Waals surface area contributed by atoms with Gasteiger partial charge in [0.25, 0.3) is 0 Å². The normalized spacial score (nSPS) is 10.8. The van der Waals surface area contributed by atoms with Crippen LogP contribution in [0.1, 0.15) is 41.9 Å². The van der Waals surface area contributed by atoms with E-state index in [-0.39, 0.29) is 6.03 Å². The minimum Gasteiger partial charge on any atom is -0.322 e. The number of urea groups is 1. The largest absolute Gasteiger partial charge is 0.322 e. The number of hydrogen-bond acceptors (Lipinski definition) is 4. The van der Waals surface area contributed by atoms with Gasteiger partial charge in [-0.15, -0.1) is 0 Å². The third kappa shape index (κ3) is 5.16. The zero-order valence-electron chi connectivity index (χ0n) is 15.9. The van der Waals surface area contributed by atoms with Crippen molar-refractivity contribution in [3.63, 3.8) is 0 Å². The minimum absolute atomic E-state index is 0.168. The van der Waals surface area contributed by atoms with Crippen LogP contribution in [0.15, 0.2) is 30.3 Å². The highest BCUT2D eigenvalue weighted by Gasteiger charge is 2.11. The SMILES string of the molecule is CCCc1cc(CN(C)C(=O)Nc2ccc(Cc3n[nH]c(C)n3)cc2)[nH]n1. The number of amides is 2. The van der Waals surface area contributed by atoms with Gasteiger partial charge in [-0.2, -0.15) is 10.2 Å². The predicted molar refractivity (Wildman–Crippen MR) is 103 cm³/mol. The number of nitrogens with one attached hydrogen (secondary N) is 3. The fourth-order valence-electron chi connectivity index (χ4n) is 2.78. The Morgan fingerprint density at radius 1 is 1.19 bits per heavy atom. The summed E-state index contributed by atoms with van der Waals surface area (Å²) in [5.41, 5.74) is 3.78. The Labute approximate surface area is 158 Å². The minimum atomic E-state index is -0.168. The van der Waals surface area contributed by atoms with Gasteiger partial charge in [0.05, 0.1) is 17.9 Å². The van der Waals surface area contributed by atoms with Gasteiger partial charge in [0.1, 0.15) is 5.82 Å². The van der Waals surface area contributed by atoms with Crippen LogP contribution in [0.3, 0.4) is 0 Å². The summed E-state index contributed by atoms with van der Waals surface area (Å²) in [7, 11) is 1.76. The number of benzene rings is 1. The summed E-state index contributed by atoms with van der Waals surface area (Å²) in [6.07, 6.45) is 2.64. The highest BCUT2D eigenvalue weighted by molar-refractivity contribution is 5.89. The van der Waals surface area contributed by atoms with Crippen molar-refractivity contribution in [3.05, 3.63) is 58.9 Å². The molecule has 0 saturated carbocycles. The van der Waals surface area contributed by atoms with Crippen molar-refractivity contribution in [2.45, 2.75) is 39.7 Å². The van der Waals surface area contributed by atoms with Crippen molar-refractivity contribution in [1.29, 1.82) is 0 Å². The van der Waals surface area contributed by atoms with Gasteiger partial charge in [0.15, 0.2) is 5.82 Å². The summed E-state index contributed by atoms with van der Waals surface area (Å²) < 4.78 is 0. The molecular weight excluding hydrogens is 342 g/mol. The van der Waals surface area contributed by atoms with Gasteiger partial charge in [-0.3, -0.25) is 10.2 Å². The summed E-state index contributed by atoms with van der Waals surface area (Å²) >= 11 is 0. The Morgan fingerprint density at radius 2 is 1.96 bits per heavy atom. The first-order chi connectivity index (χ1) is 13.0. The van der Waals surface area contributed by atoms with Gasteiger partial charge in [0, 0.05) is 19.2 Å². The first-order valence-corrected chi connectivity index (χ1v) is 9.05. The molecule has 2 heterocycles. The van der Waals surface area contributed by atoms with Crippen molar-refractivity contribution < 1.29 is 4.79 Å². The van der Waals surface area contributed by atoms with Gasteiger partial charge in [-0.25, -0.2) is 9.78 Å². The summed E-state index contributed by atoms with van der Waals surface area (Å²) in [6.45, 7) is 4.47. The van der Waals surface area contributed by atoms with E-state index in [9.17, 15) is 4.79 Å².